The van der Waals surface area contributed by atoms with Crippen molar-refractivity contribution < 1.29 is 9.53 Å². The fourth-order valence-corrected chi connectivity index (χ4v) is 2.94. The molecule has 2 aromatic rings. The number of amides is 1. The molecule has 0 unspecified atom stereocenters. The summed E-state index contributed by atoms with van der Waals surface area (Å²) in [5.41, 5.74) is 2.67. The molecule has 0 saturated carbocycles. The smallest absolute Gasteiger partial charge is 0.263 e. The number of aromatic nitrogens is 2. The van der Waals surface area contributed by atoms with Gasteiger partial charge in [-0.3, -0.25) is 4.79 Å². The van der Waals surface area contributed by atoms with Gasteiger partial charge in [0.1, 0.15) is 11.6 Å². The molecule has 1 aromatic heterocycles. The monoisotopic (exact) mass is 366 g/mol. The van der Waals surface area contributed by atoms with E-state index >= 15 is 0 Å². The van der Waals surface area contributed by atoms with Gasteiger partial charge in [-0.15, -0.1) is 10.2 Å². The lowest BCUT2D eigenvalue weighted by atomic mass is 9.97. The number of carbonyl (C=O) groups is 1. The minimum Gasteiger partial charge on any atom is -0.484 e. The standard InChI is InChI=1S/C21H26N4O2/c1-16-7-9-18(10-8-16)27-15-21(26)23-20-12-11-19(24-25-20)22-14-13-17-5-3-2-4-6-17/h5,7-12H,2-4,6,13-15H2,1H3,(H,22,24)(H,23,25,26). The molecule has 142 valence electrons. The second-order valence-corrected chi connectivity index (χ2v) is 6.74. The van der Waals surface area contributed by atoms with Crippen LogP contribution in [0, 0.1) is 6.92 Å². The van der Waals surface area contributed by atoms with Crippen LogP contribution in [-0.2, 0) is 4.79 Å². The molecule has 6 nitrogen and oxygen atoms in total. The maximum Gasteiger partial charge on any atom is 0.263 e. The largest absolute Gasteiger partial charge is 0.484 e. The molecule has 0 saturated heterocycles. The van der Waals surface area contributed by atoms with E-state index in [-0.39, 0.29) is 12.5 Å². The number of nitrogens with zero attached hydrogens (tertiary/aromatic N) is 2. The number of carbonyl (C=O) groups excluding carboxylic acids is 1. The van der Waals surface area contributed by atoms with Crippen LogP contribution in [0.1, 0.15) is 37.7 Å². The molecule has 27 heavy (non-hydrogen) atoms. The van der Waals surface area contributed by atoms with Crippen molar-refractivity contribution in [2.24, 2.45) is 0 Å². The average molecular weight is 366 g/mol. The first kappa shape index (κ1) is 18.9. The number of benzene rings is 1. The highest BCUT2D eigenvalue weighted by atomic mass is 16.5. The van der Waals surface area contributed by atoms with E-state index in [9.17, 15) is 4.79 Å². The highest BCUT2D eigenvalue weighted by Crippen LogP contribution is 2.20. The lowest BCUT2D eigenvalue weighted by Crippen LogP contribution is -2.21. The van der Waals surface area contributed by atoms with Gasteiger partial charge in [0.25, 0.3) is 5.91 Å². The Kier molecular flexibility index (Phi) is 6.79. The summed E-state index contributed by atoms with van der Waals surface area (Å²) >= 11 is 0. The Hall–Kier alpha value is -2.89. The number of anilines is 2. The number of rotatable bonds is 8. The third-order valence-corrected chi connectivity index (χ3v) is 4.46. The molecule has 3 rings (SSSR count). The fourth-order valence-electron chi connectivity index (χ4n) is 2.94. The molecule has 2 N–H and O–H groups in total. The molecule has 1 aliphatic carbocycles. The van der Waals surface area contributed by atoms with Gasteiger partial charge in [-0.25, -0.2) is 0 Å². The van der Waals surface area contributed by atoms with Gasteiger partial charge >= 0.3 is 0 Å². The first-order valence-electron chi connectivity index (χ1n) is 9.44. The molecule has 1 amide bonds. The summed E-state index contributed by atoms with van der Waals surface area (Å²) in [6.07, 6.45) is 8.42. The molecule has 0 fully saturated rings. The summed E-state index contributed by atoms with van der Waals surface area (Å²) in [6, 6.07) is 11.1. The lowest BCUT2D eigenvalue weighted by molar-refractivity contribution is -0.118. The zero-order chi connectivity index (χ0) is 18.9. The van der Waals surface area contributed by atoms with E-state index in [2.05, 4.69) is 26.9 Å². The number of allylic oxidation sites excluding steroid dienone is 1. The van der Waals surface area contributed by atoms with Gasteiger partial charge in [-0.1, -0.05) is 29.3 Å². The molecule has 0 atom stereocenters. The molecule has 1 aliphatic rings. The van der Waals surface area contributed by atoms with Crippen LogP contribution < -0.4 is 15.4 Å². The summed E-state index contributed by atoms with van der Waals surface area (Å²) in [4.78, 5) is 12.0. The Morgan fingerprint density at radius 3 is 2.56 bits per heavy atom. The molecule has 0 aliphatic heterocycles. The minimum atomic E-state index is -0.269. The van der Waals surface area contributed by atoms with E-state index in [1.165, 1.54) is 31.3 Å². The first-order valence-corrected chi connectivity index (χ1v) is 9.44. The second-order valence-electron chi connectivity index (χ2n) is 6.74. The molecule has 1 heterocycles. The fraction of sp³-hybridized carbons (Fsp3) is 0.381. The van der Waals surface area contributed by atoms with Crippen molar-refractivity contribution >= 4 is 17.5 Å². The van der Waals surface area contributed by atoms with E-state index < -0.39 is 0 Å². The summed E-state index contributed by atoms with van der Waals surface area (Å²) in [5.74, 6) is 1.51. The Labute approximate surface area is 160 Å². The predicted octanol–water partition coefficient (Wildman–Crippen LogP) is 4.10. The van der Waals surface area contributed by atoms with Crippen LogP contribution in [-0.4, -0.2) is 29.3 Å². The maximum absolute atomic E-state index is 12.0. The first-order chi connectivity index (χ1) is 13.2. The van der Waals surface area contributed by atoms with Gasteiger partial charge in [-0.05, 0) is 63.3 Å². The molecule has 1 aromatic carbocycles. The van der Waals surface area contributed by atoms with Crippen LogP contribution in [0.5, 0.6) is 5.75 Å². The van der Waals surface area contributed by atoms with Crippen molar-refractivity contribution in [3.05, 3.63) is 53.6 Å². The third-order valence-electron chi connectivity index (χ3n) is 4.46. The minimum absolute atomic E-state index is 0.0696. The van der Waals surface area contributed by atoms with E-state index in [1.807, 2.05) is 37.3 Å². The van der Waals surface area contributed by atoms with Crippen LogP contribution >= 0.6 is 0 Å². The number of hydrogen-bond donors (Lipinski definition) is 2. The summed E-state index contributed by atoms with van der Waals surface area (Å²) in [6.45, 7) is 2.78. The van der Waals surface area contributed by atoms with Gasteiger partial charge in [0.05, 0.1) is 0 Å². The summed E-state index contributed by atoms with van der Waals surface area (Å²) in [7, 11) is 0. The van der Waals surface area contributed by atoms with Crippen molar-refractivity contribution in [2.45, 2.75) is 39.0 Å². The van der Waals surface area contributed by atoms with Crippen molar-refractivity contribution in [2.75, 3.05) is 23.8 Å². The van der Waals surface area contributed by atoms with Gasteiger partial charge in [-0.2, -0.15) is 0 Å². The molecule has 0 bridgehead atoms. The lowest BCUT2D eigenvalue weighted by Gasteiger charge is -2.13. The van der Waals surface area contributed by atoms with Crippen LogP contribution in [0.4, 0.5) is 11.6 Å². The van der Waals surface area contributed by atoms with Crippen molar-refractivity contribution in [3.63, 3.8) is 0 Å². The SMILES string of the molecule is Cc1ccc(OCC(=O)Nc2ccc(NCCC3=CCCCC3)nn2)cc1. The van der Waals surface area contributed by atoms with E-state index in [0.29, 0.717) is 17.4 Å². The number of ether oxygens (including phenoxy) is 1. The molecule has 0 radical (unpaired) electrons. The zero-order valence-electron chi connectivity index (χ0n) is 15.7. The van der Waals surface area contributed by atoms with Gasteiger partial charge < -0.3 is 15.4 Å². The Bertz CT molecular complexity index is 770. The molecular weight excluding hydrogens is 340 g/mol. The number of aryl methyl sites for hydroxylation is 1. The Morgan fingerprint density at radius 1 is 1.07 bits per heavy atom. The Balaban J connectivity index is 1.39. The normalized spacial score (nSPS) is 13.6. The number of hydrogen-bond acceptors (Lipinski definition) is 5. The second kappa shape index (κ2) is 9.71. The zero-order valence-corrected chi connectivity index (χ0v) is 15.7. The van der Waals surface area contributed by atoms with E-state index in [1.54, 1.807) is 6.07 Å². The molecule has 6 heteroatoms. The highest BCUT2D eigenvalue weighted by Gasteiger charge is 2.06. The molecular formula is C21H26N4O2. The number of nitrogens with one attached hydrogen (secondary N) is 2. The quantitative estimate of drug-likeness (QED) is 0.688. The van der Waals surface area contributed by atoms with Crippen LogP contribution in [0.2, 0.25) is 0 Å². The maximum atomic E-state index is 12.0. The van der Waals surface area contributed by atoms with Crippen LogP contribution in [0.3, 0.4) is 0 Å². The van der Waals surface area contributed by atoms with Gasteiger partial charge in [0.2, 0.25) is 0 Å². The predicted molar refractivity (Wildman–Crippen MR) is 107 cm³/mol. The van der Waals surface area contributed by atoms with Gasteiger partial charge in [0.15, 0.2) is 12.4 Å². The average Bonchev–Trinajstić information content (AvgIpc) is 2.70. The van der Waals surface area contributed by atoms with Crippen LogP contribution in [0.15, 0.2) is 48.0 Å². The summed E-state index contributed by atoms with van der Waals surface area (Å²) < 4.78 is 5.45. The molecule has 0 spiro atoms. The van der Waals surface area contributed by atoms with Crippen molar-refractivity contribution in [3.8, 4) is 5.75 Å². The Morgan fingerprint density at radius 2 is 1.85 bits per heavy atom. The van der Waals surface area contributed by atoms with E-state index in [0.717, 1.165) is 18.5 Å². The summed E-state index contributed by atoms with van der Waals surface area (Å²) in [5, 5.41) is 14.1. The highest BCUT2D eigenvalue weighted by molar-refractivity contribution is 5.90. The van der Waals surface area contributed by atoms with E-state index in [4.69, 9.17) is 4.74 Å². The van der Waals surface area contributed by atoms with Crippen molar-refractivity contribution in [1.29, 1.82) is 0 Å². The van der Waals surface area contributed by atoms with Crippen molar-refractivity contribution in [1.82, 2.24) is 10.2 Å². The third kappa shape index (κ3) is 6.40. The van der Waals surface area contributed by atoms with Gasteiger partial charge in [0, 0.05) is 6.54 Å². The topological polar surface area (TPSA) is 76.1 Å². The van der Waals surface area contributed by atoms with Crippen LogP contribution in [0.25, 0.3) is 0 Å².